The van der Waals surface area contributed by atoms with Crippen LogP contribution in [0.4, 0.5) is 21.6 Å². The molecule has 3 N–H and O–H groups in total. The normalized spacial score (nSPS) is 10.3. The molecule has 1 aromatic carbocycles. The maximum Gasteiger partial charge on any atom is 0.153 e. The number of halogens is 3. The Kier molecular flexibility index (Phi) is 3.63. The minimum Gasteiger partial charge on any atom is -0.396 e. The zero-order valence-electron chi connectivity index (χ0n) is 8.55. The fraction of sp³-hybridized carbons (Fsp3) is 0. The van der Waals surface area contributed by atoms with Crippen molar-refractivity contribution in [1.82, 2.24) is 4.98 Å². The van der Waals surface area contributed by atoms with Gasteiger partial charge in [-0.15, -0.1) is 0 Å². The van der Waals surface area contributed by atoms with Crippen molar-refractivity contribution in [1.29, 1.82) is 0 Å². The lowest BCUT2D eigenvalue weighted by atomic mass is 10.3. The van der Waals surface area contributed by atoms with E-state index in [0.717, 1.165) is 4.47 Å². The van der Waals surface area contributed by atoms with Gasteiger partial charge in [-0.1, -0.05) is 0 Å². The van der Waals surface area contributed by atoms with E-state index in [0.29, 0.717) is 21.7 Å². The standard InChI is InChI=1S/C11H8Br2FN3/c12-6-3-10(15)11(16-5-6)17-7-1-2-9(14)8(13)4-7/h1-5H,15H2,(H,16,17). The van der Waals surface area contributed by atoms with E-state index in [2.05, 4.69) is 42.2 Å². The second-order valence-corrected chi connectivity index (χ2v) is 5.12. The number of rotatable bonds is 2. The highest BCUT2D eigenvalue weighted by atomic mass is 79.9. The van der Waals surface area contributed by atoms with Gasteiger partial charge in [0.25, 0.3) is 0 Å². The topological polar surface area (TPSA) is 50.9 Å². The number of nitrogens with zero attached hydrogens (tertiary/aromatic N) is 1. The van der Waals surface area contributed by atoms with Crippen LogP contribution in [0.25, 0.3) is 0 Å². The summed E-state index contributed by atoms with van der Waals surface area (Å²) >= 11 is 6.39. The van der Waals surface area contributed by atoms with Gasteiger partial charge in [-0.2, -0.15) is 0 Å². The summed E-state index contributed by atoms with van der Waals surface area (Å²) in [6.07, 6.45) is 1.64. The van der Waals surface area contributed by atoms with Crippen molar-refractivity contribution in [2.75, 3.05) is 11.1 Å². The smallest absolute Gasteiger partial charge is 0.153 e. The average molecular weight is 361 g/mol. The summed E-state index contributed by atoms with van der Waals surface area (Å²) in [5, 5.41) is 3.01. The third kappa shape index (κ3) is 2.95. The third-order valence-corrected chi connectivity index (χ3v) is 3.11. The van der Waals surface area contributed by atoms with Crippen LogP contribution in [-0.4, -0.2) is 4.98 Å². The Bertz CT molecular complexity index is 560. The molecule has 0 radical (unpaired) electrons. The predicted molar refractivity (Wildman–Crippen MR) is 73.7 cm³/mol. The molecule has 88 valence electrons. The Labute approximate surface area is 114 Å². The number of pyridine rings is 1. The Morgan fingerprint density at radius 2 is 2.00 bits per heavy atom. The van der Waals surface area contributed by atoms with Gasteiger partial charge in [-0.05, 0) is 56.1 Å². The first-order valence-corrected chi connectivity index (χ1v) is 6.28. The van der Waals surface area contributed by atoms with Gasteiger partial charge in [-0.3, -0.25) is 0 Å². The van der Waals surface area contributed by atoms with E-state index in [1.807, 2.05) is 0 Å². The summed E-state index contributed by atoms with van der Waals surface area (Å²) in [6, 6.07) is 6.34. The molecule has 0 saturated carbocycles. The number of nitrogens with two attached hydrogens (primary N) is 1. The summed E-state index contributed by atoms with van der Waals surface area (Å²) < 4.78 is 14.2. The molecule has 0 fully saturated rings. The molecule has 1 heterocycles. The fourth-order valence-electron chi connectivity index (χ4n) is 1.27. The Morgan fingerprint density at radius 3 is 2.65 bits per heavy atom. The largest absolute Gasteiger partial charge is 0.396 e. The van der Waals surface area contributed by atoms with Gasteiger partial charge in [0, 0.05) is 16.4 Å². The second kappa shape index (κ2) is 5.01. The zero-order valence-corrected chi connectivity index (χ0v) is 11.7. The lowest BCUT2D eigenvalue weighted by molar-refractivity contribution is 0.621. The van der Waals surface area contributed by atoms with E-state index in [-0.39, 0.29) is 5.82 Å². The number of aromatic nitrogens is 1. The highest BCUT2D eigenvalue weighted by Crippen LogP contribution is 2.26. The molecule has 0 spiro atoms. The van der Waals surface area contributed by atoms with Crippen LogP contribution in [-0.2, 0) is 0 Å². The summed E-state index contributed by atoms with van der Waals surface area (Å²) in [4.78, 5) is 4.13. The molecule has 17 heavy (non-hydrogen) atoms. The lowest BCUT2D eigenvalue weighted by Crippen LogP contribution is -1.99. The van der Waals surface area contributed by atoms with Gasteiger partial charge in [0.1, 0.15) is 5.82 Å². The van der Waals surface area contributed by atoms with E-state index >= 15 is 0 Å². The van der Waals surface area contributed by atoms with E-state index in [9.17, 15) is 4.39 Å². The number of benzene rings is 1. The summed E-state index contributed by atoms with van der Waals surface area (Å²) in [7, 11) is 0. The van der Waals surface area contributed by atoms with Gasteiger partial charge >= 0.3 is 0 Å². The van der Waals surface area contributed by atoms with Gasteiger partial charge < -0.3 is 11.1 Å². The Hall–Kier alpha value is -1.14. The molecular weight excluding hydrogens is 353 g/mol. The Morgan fingerprint density at radius 1 is 1.24 bits per heavy atom. The van der Waals surface area contributed by atoms with Gasteiger partial charge in [0.2, 0.25) is 0 Å². The van der Waals surface area contributed by atoms with Crippen LogP contribution < -0.4 is 11.1 Å². The molecule has 0 bridgehead atoms. The highest BCUT2D eigenvalue weighted by Gasteiger charge is 2.04. The second-order valence-electron chi connectivity index (χ2n) is 3.35. The van der Waals surface area contributed by atoms with Gasteiger partial charge in [0.15, 0.2) is 5.82 Å². The maximum absolute atomic E-state index is 13.0. The number of nitrogens with one attached hydrogen (secondary N) is 1. The third-order valence-electron chi connectivity index (χ3n) is 2.07. The van der Waals surface area contributed by atoms with Crippen molar-refractivity contribution in [3.8, 4) is 0 Å². The molecule has 0 saturated heterocycles. The van der Waals surface area contributed by atoms with Crippen molar-refractivity contribution in [2.24, 2.45) is 0 Å². The molecule has 1 aromatic heterocycles. The van der Waals surface area contributed by atoms with E-state index in [1.54, 1.807) is 24.4 Å². The molecule has 0 aliphatic rings. The van der Waals surface area contributed by atoms with Crippen molar-refractivity contribution in [2.45, 2.75) is 0 Å². The quantitative estimate of drug-likeness (QED) is 0.848. The fourth-order valence-corrected chi connectivity index (χ4v) is 2.00. The molecule has 0 atom stereocenters. The van der Waals surface area contributed by atoms with E-state index in [1.165, 1.54) is 6.07 Å². The molecule has 2 rings (SSSR count). The van der Waals surface area contributed by atoms with Crippen LogP contribution in [0.5, 0.6) is 0 Å². The summed E-state index contributed by atoms with van der Waals surface area (Å²) in [5.41, 5.74) is 7.02. The molecular formula is C11H8Br2FN3. The first kappa shape index (κ1) is 12.3. The number of nitrogen functional groups attached to an aromatic ring is 1. The van der Waals surface area contributed by atoms with Crippen LogP contribution in [0.2, 0.25) is 0 Å². The monoisotopic (exact) mass is 359 g/mol. The predicted octanol–water partition coefficient (Wildman–Crippen LogP) is 4.07. The van der Waals surface area contributed by atoms with Crippen LogP contribution in [0, 0.1) is 5.82 Å². The van der Waals surface area contributed by atoms with Crippen molar-refractivity contribution < 1.29 is 4.39 Å². The molecule has 0 aliphatic carbocycles. The average Bonchev–Trinajstić information content (AvgIpc) is 2.27. The van der Waals surface area contributed by atoms with Crippen LogP contribution in [0.3, 0.4) is 0 Å². The van der Waals surface area contributed by atoms with Crippen molar-refractivity contribution in [3.05, 3.63) is 45.2 Å². The lowest BCUT2D eigenvalue weighted by Gasteiger charge is -2.09. The number of hydrogen-bond donors (Lipinski definition) is 2. The van der Waals surface area contributed by atoms with Crippen LogP contribution in [0.1, 0.15) is 0 Å². The molecule has 6 heteroatoms. The van der Waals surface area contributed by atoms with E-state index < -0.39 is 0 Å². The van der Waals surface area contributed by atoms with E-state index in [4.69, 9.17) is 5.73 Å². The van der Waals surface area contributed by atoms with Crippen molar-refractivity contribution >= 4 is 49.1 Å². The van der Waals surface area contributed by atoms with Gasteiger partial charge in [0.05, 0.1) is 10.2 Å². The first-order valence-electron chi connectivity index (χ1n) is 4.69. The minimum absolute atomic E-state index is 0.313. The Balaban J connectivity index is 2.28. The molecule has 0 aliphatic heterocycles. The van der Waals surface area contributed by atoms with Gasteiger partial charge in [-0.25, -0.2) is 9.37 Å². The number of anilines is 3. The van der Waals surface area contributed by atoms with Crippen LogP contribution >= 0.6 is 31.9 Å². The number of hydrogen-bond acceptors (Lipinski definition) is 3. The molecule has 2 aromatic rings. The first-order chi connectivity index (χ1) is 8.06. The molecule has 3 nitrogen and oxygen atoms in total. The molecule has 0 amide bonds. The highest BCUT2D eigenvalue weighted by molar-refractivity contribution is 9.10. The molecule has 0 unspecified atom stereocenters. The van der Waals surface area contributed by atoms with Crippen LogP contribution in [0.15, 0.2) is 39.4 Å². The van der Waals surface area contributed by atoms with Crippen molar-refractivity contribution in [3.63, 3.8) is 0 Å². The summed E-state index contributed by atoms with van der Waals surface area (Å²) in [5.74, 6) is 0.221. The summed E-state index contributed by atoms with van der Waals surface area (Å²) in [6.45, 7) is 0. The minimum atomic E-state index is -0.313. The SMILES string of the molecule is Nc1cc(Br)cnc1Nc1ccc(F)c(Br)c1. The maximum atomic E-state index is 13.0. The zero-order chi connectivity index (χ0) is 12.4.